The van der Waals surface area contributed by atoms with Crippen LogP contribution in [0.2, 0.25) is 0 Å². The van der Waals surface area contributed by atoms with Crippen molar-refractivity contribution in [3.05, 3.63) is 59.8 Å². The van der Waals surface area contributed by atoms with Gasteiger partial charge in [-0.2, -0.15) is 5.26 Å². The topological polar surface area (TPSA) is 146 Å². The highest BCUT2D eigenvalue weighted by molar-refractivity contribution is 5.98. The normalized spacial score (nSPS) is 13.9. The summed E-state index contributed by atoms with van der Waals surface area (Å²) in [7, 11) is 0. The Labute approximate surface area is 185 Å². The molecule has 1 fully saturated rings. The van der Waals surface area contributed by atoms with Crippen molar-refractivity contribution < 1.29 is 4.79 Å². The third-order valence-corrected chi connectivity index (χ3v) is 5.26. The summed E-state index contributed by atoms with van der Waals surface area (Å²) in [4.78, 5) is 31.2. The molecule has 32 heavy (non-hydrogen) atoms. The lowest BCUT2D eigenvalue weighted by Crippen LogP contribution is -2.39. The maximum atomic E-state index is 11.9. The van der Waals surface area contributed by atoms with Gasteiger partial charge in [-0.3, -0.25) is 9.78 Å². The smallest absolute Gasteiger partial charge is 0.252 e. The third kappa shape index (κ3) is 4.89. The predicted molar refractivity (Wildman–Crippen MR) is 121 cm³/mol. The van der Waals surface area contributed by atoms with E-state index in [0.29, 0.717) is 28.5 Å². The van der Waals surface area contributed by atoms with Gasteiger partial charge in [0.05, 0.1) is 34.9 Å². The average Bonchev–Trinajstić information content (AvgIpc) is 2.81. The fourth-order valence-corrected chi connectivity index (χ4v) is 3.54. The zero-order chi connectivity index (χ0) is 22.5. The minimum Gasteiger partial charge on any atom is -0.381 e. The van der Waals surface area contributed by atoms with Crippen LogP contribution in [0.5, 0.6) is 0 Å². The molecule has 0 bridgehead atoms. The van der Waals surface area contributed by atoms with Crippen molar-refractivity contribution in [1.29, 1.82) is 5.26 Å². The van der Waals surface area contributed by atoms with Crippen molar-refractivity contribution in [2.24, 2.45) is 5.73 Å². The largest absolute Gasteiger partial charge is 0.381 e. The van der Waals surface area contributed by atoms with E-state index in [1.54, 1.807) is 30.7 Å². The number of piperidine rings is 1. The lowest BCUT2D eigenvalue weighted by molar-refractivity contribution is 0.100. The van der Waals surface area contributed by atoms with Crippen molar-refractivity contribution in [2.75, 3.05) is 28.6 Å². The second-order valence-corrected chi connectivity index (χ2v) is 7.57. The molecular weight excluding hydrogens is 406 g/mol. The molecule has 1 amide bonds. The lowest BCUT2D eigenvalue weighted by atomic mass is 10.0. The molecule has 10 nitrogen and oxygen atoms in total. The first-order valence-corrected chi connectivity index (χ1v) is 10.2. The van der Waals surface area contributed by atoms with Gasteiger partial charge in [0.15, 0.2) is 0 Å². The van der Waals surface area contributed by atoms with Gasteiger partial charge in [-0.15, -0.1) is 0 Å². The minimum atomic E-state index is -0.541. The summed E-state index contributed by atoms with van der Waals surface area (Å²) in [6.45, 7) is 3.47. The van der Waals surface area contributed by atoms with Crippen LogP contribution in [0.3, 0.4) is 0 Å². The number of aryl methyl sites for hydroxylation is 1. The molecule has 4 heterocycles. The van der Waals surface area contributed by atoms with Gasteiger partial charge in [0.2, 0.25) is 0 Å². The van der Waals surface area contributed by atoms with Crippen LogP contribution in [0.15, 0.2) is 43.0 Å². The number of carbonyl (C=O) groups is 1. The number of hydrogen-bond donors (Lipinski definition) is 3. The SMILES string of the molecule is Cc1cnc(Nc2cc(NC3CCN(c4ccc(C#N)cn4)CC3)c(C(N)=O)cn2)cn1. The molecule has 0 saturated carbocycles. The molecule has 162 valence electrons. The first kappa shape index (κ1) is 21.0. The molecule has 1 aliphatic rings. The highest BCUT2D eigenvalue weighted by Crippen LogP contribution is 2.25. The molecule has 0 aromatic carbocycles. The van der Waals surface area contributed by atoms with E-state index < -0.39 is 5.91 Å². The van der Waals surface area contributed by atoms with Crippen LogP contribution in [0, 0.1) is 18.3 Å². The summed E-state index contributed by atoms with van der Waals surface area (Å²) in [6, 6.07) is 7.65. The van der Waals surface area contributed by atoms with E-state index in [2.05, 4.69) is 41.5 Å². The first-order valence-electron chi connectivity index (χ1n) is 10.2. The number of aromatic nitrogens is 4. The monoisotopic (exact) mass is 429 g/mol. The second-order valence-electron chi connectivity index (χ2n) is 7.57. The van der Waals surface area contributed by atoms with Crippen molar-refractivity contribution >= 4 is 29.0 Å². The Morgan fingerprint density at radius 2 is 1.88 bits per heavy atom. The van der Waals surface area contributed by atoms with Crippen LogP contribution in [0.1, 0.15) is 34.5 Å². The van der Waals surface area contributed by atoms with E-state index in [0.717, 1.165) is 37.4 Å². The van der Waals surface area contributed by atoms with Crippen molar-refractivity contribution in [3.8, 4) is 6.07 Å². The van der Waals surface area contributed by atoms with Crippen molar-refractivity contribution in [1.82, 2.24) is 19.9 Å². The summed E-state index contributed by atoms with van der Waals surface area (Å²) in [5, 5.41) is 15.5. The number of primary amides is 1. The molecule has 0 unspecified atom stereocenters. The van der Waals surface area contributed by atoms with Crippen LogP contribution in [0.25, 0.3) is 0 Å². The molecule has 4 N–H and O–H groups in total. The summed E-state index contributed by atoms with van der Waals surface area (Å²) >= 11 is 0. The second kappa shape index (κ2) is 9.26. The number of carbonyl (C=O) groups excluding carboxylic acids is 1. The Balaban J connectivity index is 1.44. The van der Waals surface area contributed by atoms with Gasteiger partial charge in [-0.1, -0.05) is 0 Å². The number of nitriles is 1. The van der Waals surface area contributed by atoms with Gasteiger partial charge in [0, 0.05) is 37.6 Å². The zero-order valence-electron chi connectivity index (χ0n) is 17.6. The molecule has 3 aromatic rings. The minimum absolute atomic E-state index is 0.164. The Morgan fingerprint density at radius 1 is 1.09 bits per heavy atom. The maximum Gasteiger partial charge on any atom is 0.252 e. The van der Waals surface area contributed by atoms with Gasteiger partial charge in [-0.25, -0.2) is 15.0 Å². The summed E-state index contributed by atoms with van der Waals surface area (Å²) in [5.74, 6) is 1.41. The fraction of sp³-hybridized carbons (Fsp3) is 0.273. The van der Waals surface area contributed by atoms with Crippen LogP contribution in [-0.4, -0.2) is 45.0 Å². The van der Waals surface area contributed by atoms with E-state index in [4.69, 9.17) is 11.0 Å². The number of nitrogens with one attached hydrogen (secondary N) is 2. The third-order valence-electron chi connectivity index (χ3n) is 5.26. The number of nitrogens with zero attached hydrogens (tertiary/aromatic N) is 6. The first-order chi connectivity index (χ1) is 15.5. The molecule has 0 aliphatic carbocycles. The Hall–Kier alpha value is -4.26. The Bertz CT molecular complexity index is 1130. The van der Waals surface area contributed by atoms with Gasteiger partial charge >= 0.3 is 0 Å². The quantitative estimate of drug-likeness (QED) is 0.537. The van der Waals surface area contributed by atoms with Crippen molar-refractivity contribution in [3.63, 3.8) is 0 Å². The zero-order valence-corrected chi connectivity index (χ0v) is 17.6. The van der Waals surface area contributed by atoms with E-state index in [-0.39, 0.29) is 6.04 Å². The number of rotatable bonds is 6. The average molecular weight is 429 g/mol. The number of anilines is 4. The van der Waals surface area contributed by atoms with E-state index in [1.807, 2.05) is 13.0 Å². The molecule has 3 aromatic heterocycles. The number of amides is 1. The van der Waals surface area contributed by atoms with Crippen LogP contribution in [0.4, 0.5) is 23.1 Å². The van der Waals surface area contributed by atoms with Gasteiger partial charge in [-0.05, 0) is 31.9 Å². The number of hydrogen-bond acceptors (Lipinski definition) is 9. The fourth-order valence-electron chi connectivity index (χ4n) is 3.54. The molecule has 10 heteroatoms. The van der Waals surface area contributed by atoms with Crippen LogP contribution in [-0.2, 0) is 0 Å². The summed E-state index contributed by atoms with van der Waals surface area (Å²) in [6.07, 6.45) is 8.05. The predicted octanol–water partition coefficient (Wildman–Crippen LogP) is 2.37. The van der Waals surface area contributed by atoms with E-state index >= 15 is 0 Å². The number of pyridine rings is 2. The molecule has 0 spiro atoms. The lowest BCUT2D eigenvalue weighted by Gasteiger charge is -2.34. The van der Waals surface area contributed by atoms with Crippen LogP contribution >= 0.6 is 0 Å². The maximum absolute atomic E-state index is 11.9. The van der Waals surface area contributed by atoms with Gasteiger partial charge in [0.25, 0.3) is 5.91 Å². The summed E-state index contributed by atoms with van der Waals surface area (Å²) < 4.78 is 0. The molecule has 4 rings (SSSR count). The molecule has 1 aliphatic heterocycles. The van der Waals surface area contributed by atoms with Gasteiger partial charge in [0.1, 0.15) is 23.5 Å². The molecule has 1 saturated heterocycles. The van der Waals surface area contributed by atoms with E-state index in [9.17, 15) is 4.79 Å². The standard InChI is InChI=1S/C22H23N9O/c1-14-10-26-20(13-25-14)30-19-8-18(17(12-27-19)22(24)32)29-16-4-6-31(7-5-16)21-3-2-15(9-23)11-28-21/h2-3,8,10-13,16H,4-7H2,1H3,(H2,24,32)(H2,26,27,29,30). The van der Waals surface area contributed by atoms with Crippen LogP contribution < -0.4 is 21.3 Å². The molecule has 0 radical (unpaired) electrons. The highest BCUT2D eigenvalue weighted by atomic mass is 16.1. The van der Waals surface area contributed by atoms with Gasteiger partial charge < -0.3 is 21.3 Å². The Morgan fingerprint density at radius 3 is 2.50 bits per heavy atom. The van der Waals surface area contributed by atoms with Crippen molar-refractivity contribution in [2.45, 2.75) is 25.8 Å². The molecule has 0 atom stereocenters. The molecular formula is C22H23N9O. The number of nitrogens with two attached hydrogens (primary N) is 1. The van der Waals surface area contributed by atoms with E-state index in [1.165, 1.54) is 6.20 Å². The Kier molecular flexibility index (Phi) is 6.07. The highest BCUT2D eigenvalue weighted by Gasteiger charge is 2.22. The summed E-state index contributed by atoms with van der Waals surface area (Å²) in [5.41, 5.74) is 7.89.